The molecule has 1 aliphatic heterocycles. The molecule has 18 heavy (non-hydrogen) atoms. The van der Waals surface area contributed by atoms with Gasteiger partial charge in [0, 0.05) is 18.6 Å². The molecule has 0 aromatic heterocycles. The number of likely N-dealkylation sites (N-methyl/N-ethyl adjacent to an activating group) is 1. The molecule has 1 heterocycles. The van der Waals surface area contributed by atoms with Crippen molar-refractivity contribution in [2.24, 2.45) is 0 Å². The number of nitrogens with one attached hydrogen (secondary N) is 2. The quantitative estimate of drug-likeness (QED) is 0.740. The predicted octanol–water partition coefficient (Wildman–Crippen LogP) is -0.0346. The van der Waals surface area contributed by atoms with Crippen LogP contribution in [0.2, 0.25) is 0 Å². The average Bonchev–Trinajstić information content (AvgIpc) is 2.87. The smallest absolute Gasteiger partial charge is 0.239 e. The normalized spacial score (nSPS) is 27.4. The topological polar surface area (TPSA) is 53.6 Å². The van der Waals surface area contributed by atoms with Crippen molar-refractivity contribution in [3.63, 3.8) is 0 Å². The molecule has 0 bridgehead atoms. The first-order valence-corrected chi connectivity index (χ1v) is 6.90. The summed E-state index contributed by atoms with van der Waals surface area (Å²) in [5, 5.41) is 6.28. The fourth-order valence-corrected chi connectivity index (χ4v) is 2.92. The summed E-state index contributed by atoms with van der Waals surface area (Å²) in [4.78, 5) is 14.3. The molecule has 2 rings (SSSR count). The molecular formula is C13H25N3O2. The van der Waals surface area contributed by atoms with Gasteiger partial charge < -0.3 is 20.3 Å². The molecule has 1 aliphatic carbocycles. The zero-order valence-electron chi connectivity index (χ0n) is 11.5. The maximum absolute atomic E-state index is 12.0. The van der Waals surface area contributed by atoms with Crippen LogP contribution in [0, 0.1) is 0 Å². The highest BCUT2D eigenvalue weighted by atomic mass is 16.5. The van der Waals surface area contributed by atoms with E-state index in [0.29, 0.717) is 13.2 Å². The predicted molar refractivity (Wildman–Crippen MR) is 70.5 cm³/mol. The average molecular weight is 255 g/mol. The number of nitrogens with zero attached hydrogens (tertiary/aromatic N) is 1. The van der Waals surface area contributed by atoms with Gasteiger partial charge in [-0.15, -0.1) is 0 Å². The maximum atomic E-state index is 12.0. The lowest BCUT2D eigenvalue weighted by atomic mass is 9.96. The Morgan fingerprint density at radius 2 is 2.17 bits per heavy atom. The lowest BCUT2D eigenvalue weighted by molar-refractivity contribution is -0.126. The number of amides is 1. The number of morpholine rings is 1. The molecule has 2 fully saturated rings. The Kier molecular flexibility index (Phi) is 4.59. The van der Waals surface area contributed by atoms with Crippen molar-refractivity contribution in [1.82, 2.24) is 15.5 Å². The highest BCUT2D eigenvalue weighted by Gasteiger charge is 2.36. The highest BCUT2D eigenvalue weighted by molar-refractivity contribution is 5.82. The molecule has 5 heteroatoms. The van der Waals surface area contributed by atoms with E-state index in [0.717, 1.165) is 13.1 Å². The zero-order valence-corrected chi connectivity index (χ0v) is 11.5. The van der Waals surface area contributed by atoms with Gasteiger partial charge in [-0.05, 0) is 26.9 Å². The van der Waals surface area contributed by atoms with Crippen LogP contribution in [-0.4, -0.2) is 62.8 Å². The molecule has 1 atom stereocenters. The Morgan fingerprint density at radius 3 is 2.72 bits per heavy atom. The minimum absolute atomic E-state index is 0.0721. The van der Waals surface area contributed by atoms with Gasteiger partial charge in [-0.1, -0.05) is 12.8 Å². The van der Waals surface area contributed by atoms with Gasteiger partial charge in [-0.25, -0.2) is 0 Å². The molecule has 1 unspecified atom stereocenters. The molecule has 1 saturated heterocycles. The van der Waals surface area contributed by atoms with Gasteiger partial charge in [0.1, 0.15) is 6.04 Å². The van der Waals surface area contributed by atoms with Crippen molar-refractivity contribution in [3.8, 4) is 0 Å². The molecule has 2 N–H and O–H groups in total. The Labute approximate surface area is 109 Å². The van der Waals surface area contributed by atoms with E-state index >= 15 is 0 Å². The van der Waals surface area contributed by atoms with E-state index in [1.54, 1.807) is 0 Å². The third-order valence-electron chi connectivity index (χ3n) is 4.31. The van der Waals surface area contributed by atoms with Crippen molar-refractivity contribution < 1.29 is 9.53 Å². The second-order valence-electron chi connectivity index (χ2n) is 5.63. The van der Waals surface area contributed by atoms with Crippen molar-refractivity contribution in [1.29, 1.82) is 0 Å². The largest absolute Gasteiger partial charge is 0.378 e. The van der Waals surface area contributed by atoms with Crippen LogP contribution >= 0.6 is 0 Å². The van der Waals surface area contributed by atoms with Gasteiger partial charge in [0.05, 0.1) is 13.2 Å². The van der Waals surface area contributed by atoms with Crippen LogP contribution in [0.3, 0.4) is 0 Å². The summed E-state index contributed by atoms with van der Waals surface area (Å²) < 4.78 is 5.31. The van der Waals surface area contributed by atoms with Crippen molar-refractivity contribution in [2.75, 3.05) is 40.4 Å². The minimum Gasteiger partial charge on any atom is -0.378 e. The van der Waals surface area contributed by atoms with E-state index in [1.165, 1.54) is 25.7 Å². The number of hydrogen-bond donors (Lipinski definition) is 2. The second-order valence-corrected chi connectivity index (χ2v) is 5.63. The third kappa shape index (κ3) is 3.02. The first-order valence-electron chi connectivity index (χ1n) is 6.90. The molecular weight excluding hydrogens is 230 g/mol. The lowest BCUT2D eigenvalue weighted by Gasteiger charge is -2.37. The van der Waals surface area contributed by atoms with Gasteiger partial charge in [0.25, 0.3) is 0 Å². The van der Waals surface area contributed by atoms with E-state index in [1.807, 2.05) is 0 Å². The Bertz CT molecular complexity index is 282. The molecule has 5 nitrogen and oxygen atoms in total. The monoisotopic (exact) mass is 255 g/mol. The van der Waals surface area contributed by atoms with Crippen LogP contribution in [0.1, 0.15) is 25.7 Å². The fraction of sp³-hybridized carbons (Fsp3) is 0.923. The highest BCUT2D eigenvalue weighted by Crippen LogP contribution is 2.33. The van der Waals surface area contributed by atoms with E-state index in [-0.39, 0.29) is 17.5 Å². The van der Waals surface area contributed by atoms with Crippen LogP contribution in [0.25, 0.3) is 0 Å². The first kappa shape index (κ1) is 13.8. The molecule has 2 aliphatic rings. The number of ether oxygens (including phenoxy) is 1. The summed E-state index contributed by atoms with van der Waals surface area (Å²) in [5.41, 5.74) is 0.158. The van der Waals surface area contributed by atoms with Crippen LogP contribution < -0.4 is 10.6 Å². The number of carbonyl (C=O) groups excluding carboxylic acids is 1. The summed E-state index contributed by atoms with van der Waals surface area (Å²) in [5.74, 6) is 0.0721. The number of rotatable bonds is 4. The zero-order chi connectivity index (χ0) is 13.0. The van der Waals surface area contributed by atoms with Gasteiger partial charge in [0.15, 0.2) is 0 Å². The molecule has 0 aromatic rings. The van der Waals surface area contributed by atoms with Crippen LogP contribution in [0.5, 0.6) is 0 Å². The summed E-state index contributed by atoms with van der Waals surface area (Å²) in [6, 6.07) is -0.181. The van der Waals surface area contributed by atoms with Crippen molar-refractivity contribution in [3.05, 3.63) is 0 Å². The van der Waals surface area contributed by atoms with Gasteiger partial charge in [-0.3, -0.25) is 4.79 Å². The van der Waals surface area contributed by atoms with E-state index in [4.69, 9.17) is 4.74 Å². The third-order valence-corrected chi connectivity index (χ3v) is 4.31. The Morgan fingerprint density at radius 1 is 1.44 bits per heavy atom. The van der Waals surface area contributed by atoms with Gasteiger partial charge in [-0.2, -0.15) is 0 Å². The van der Waals surface area contributed by atoms with E-state index < -0.39 is 0 Å². The first-order chi connectivity index (χ1) is 8.64. The van der Waals surface area contributed by atoms with Crippen molar-refractivity contribution >= 4 is 5.91 Å². The van der Waals surface area contributed by atoms with Crippen molar-refractivity contribution in [2.45, 2.75) is 37.3 Å². The Balaban J connectivity index is 1.83. The molecule has 0 aromatic carbocycles. The van der Waals surface area contributed by atoms with Crippen LogP contribution in [-0.2, 0) is 9.53 Å². The Hall–Kier alpha value is -0.650. The van der Waals surface area contributed by atoms with Crippen LogP contribution in [0.4, 0.5) is 0 Å². The summed E-state index contributed by atoms with van der Waals surface area (Å²) in [7, 11) is 4.22. The van der Waals surface area contributed by atoms with Gasteiger partial charge >= 0.3 is 0 Å². The van der Waals surface area contributed by atoms with E-state index in [9.17, 15) is 4.79 Å². The number of hydrogen-bond acceptors (Lipinski definition) is 4. The number of carbonyl (C=O) groups is 1. The minimum atomic E-state index is -0.181. The summed E-state index contributed by atoms with van der Waals surface area (Å²) in [6.07, 6.45) is 4.88. The SMILES string of the molecule is CN(C)C1(CNC(=O)C2COCCN2)CCCC1. The molecule has 1 saturated carbocycles. The fourth-order valence-electron chi connectivity index (χ4n) is 2.92. The van der Waals surface area contributed by atoms with Crippen LogP contribution in [0.15, 0.2) is 0 Å². The summed E-state index contributed by atoms with van der Waals surface area (Å²) in [6.45, 7) is 2.69. The maximum Gasteiger partial charge on any atom is 0.239 e. The standard InChI is InChI=1S/C13H25N3O2/c1-16(2)13(5-3-4-6-13)10-15-12(17)11-9-18-8-7-14-11/h11,14H,3-10H2,1-2H3,(H,15,17). The molecule has 104 valence electrons. The molecule has 0 spiro atoms. The second kappa shape index (κ2) is 5.99. The molecule has 1 amide bonds. The van der Waals surface area contributed by atoms with Gasteiger partial charge in [0.2, 0.25) is 5.91 Å². The molecule has 0 radical (unpaired) electrons. The van der Waals surface area contributed by atoms with E-state index in [2.05, 4.69) is 29.6 Å². The summed E-state index contributed by atoms with van der Waals surface area (Å²) >= 11 is 0. The lowest BCUT2D eigenvalue weighted by Crippen LogP contribution is -2.56.